The Morgan fingerprint density at radius 2 is 1.56 bits per heavy atom. The highest BCUT2D eigenvalue weighted by atomic mass is 32.2. The first-order chi connectivity index (χ1) is 12.9. The molecule has 144 valence electrons. The second-order valence-electron chi connectivity index (χ2n) is 6.84. The maximum absolute atomic E-state index is 13.3. The van der Waals surface area contributed by atoms with Crippen molar-refractivity contribution in [3.63, 3.8) is 0 Å². The normalized spacial score (nSPS) is 15.6. The number of hydrogen-bond acceptors (Lipinski definition) is 4. The van der Waals surface area contributed by atoms with E-state index in [4.69, 9.17) is 0 Å². The molecule has 0 atom stereocenters. The third-order valence-electron chi connectivity index (χ3n) is 4.79. The number of piperazine rings is 1. The van der Waals surface area contributed by atoms with Crippen molar-refractivity contribution in [3.8, 4) is 0 Å². The van der Waals surface area contributed by atoms with Crippen LogP contribution >= 0.6 is 0 Å². The fourth-order valence-electron chi connectivity index (χ4n) is 3.03. The van der Waals surface area contributed by atoms with Crippen LogP contribution in [0.25, 0.3) is 0 Å². The summed E-state index contributed by atoms with van der Waals surface area (Å²) in [6.07, 6.45) is 0. The van der Waals surface area contributed by atoms with Gasteiger partial charge in [0.1, 0.15) is 6.54 Å². The van der Waals surface area contributed by atoms with Gasteiger partial charge in [0.2, 0.25) is 5.91 Å². The Morgan fingerprint density at radius 1 is 0.963 bits per heavy atom. The van der Waals surface area contributed by atoms with E-state index in [0.717, 1.165) is 18.7 Å². The summed E-state index contributed by atoms with van der Waals surface area (Å²) in [7, 11) is -1.83. The summed E-state index contributed by atoms with van der Waals surface area (Å²) >= 11 is 0. The monoisotopic (exact) mass is 387 g/mol. The van der Waals surface area contributed by atoms with Gasteiger partial charge in [0.25, 0.3) is 10.0 Å². The van der Waals surface area contributed by atoms with E-state index >= 15 is 0 Å². The maximum Gasteiger partial charge on any atom is 0.264 e. The van der Waals surface area contributed by atoms with Gasteiger partial charge in [-0.3, -0.25) is 9.10 Å². The number of sulfonamides is 1. The molecule has 3 rings (SSSR count). The molecule has 27 heavy (non-hydrogen) atoms. The highest BCUT2D eigenvalue weighted by Gasteiger charge is 2.29. The van der Waals surface area contributed by atoms with Crippen molar-refractivity contribution in [2.75, 3.05) is 44.1 Å². The minimum Gasteiger partial charge on any atom is -0.339 e. The van der Waals surface area contributed by atoms with Crippen LogP contribution in [0.5, 0.6) is 0 Å². The summed E-state index contributed by atoms with van der Waals surface area (Å²) in [5, 5.41) is 0. The van der Waals surface area contributed by atoms with Crippen LogP contribution < -0.4 is 4.31 Å². The van der Waals surface area contributed by atoms with Gasteiger partial charge in [-0.1, -0.05) is 35.9 Å². The molecule has 0 N–H and O–H groups in total. The number of amides is 1. The van der Waals surface area contributed by atoms with Crippen molar-refractivity contribution in [1.29, 1.82) is 0 Å². The molecule has 2 aromatic rings. The minimum absolute atomic E-state index is 0.178. The van der Waals surface area contributed by atoms with E-state index in [9.17, 15) is 13.2 Å². The SMILES string of the molecule is Cc1ccc(S(=O)(=O)N(CC(=O)N2CCN(C)CC2)c2ccccc2)cc1. The van der Waals surface area contributed by atoms with Gasteiger partial charge in [0.05, 0.1) is 10.6 Å². The molecular formula is C20H25N3O3S. The van der Waals surface area contributed by atoms with Gasteiger partial charge in [-0.05, 0) is 38.2 Å². The second-order valence-corrected chi connectivity index (χ2v) is 8.71. The maximum atomic E-state index is 13.3. The second kappa shape index (κ2) is 8.10. The third kappa shape index (κ3) is 4.48. The molecule has 1 amide bonds. The van der Waals surface area contributed by atoms with E-state index in [1.54, 1.807) is 53.4 Å². The Morgan fingerprint density at radius 3 is 2.15 bits per heavy atom. The molecule has 0 bridgehead atoms. The summed E-state index contributed by atoms with van der Waals surface area (Å²) in [6, 6.07) is 15.5. The Labute approximate surface area is 161 Å². The first-order valence-electron chi connectivity index (χ1n) is 8.99. The summed E-state index contributed by atoms with van der Waals surface area (Å²) in [4.78, 5) is 16.9. The van der Waals surface area contributed by atoms with Crippen molar-refractivity contribution in [1.82, 2.24) is 9.80 Å². The number of nitrogens with zero attached hydrogens (tertiary/aromatic N) is 3. The predicted octanol–water partition coefficient (Wildman–Crippen LogP) is 1.96. The van der Waals surface area contributed by atoms with Gasteiger partial charge in [0, 0.05) is 26.2 Å². The molecule has 1 saturated heterocycles. The fraction of sp³-hybridized carbons (Fsp3) is 0.350. The summed E-state index contributed by atoms with van der Waals surface area (Å²) < 4.78 is 27.7. The quantitative estimate of drug-likeness (QED) is 0.787. The molecule has 2 aromatic carbocycles. The van der Waals surface area contributed by atoms with E-state index in [-0.39, 0.29) is 17.3 Å². The van der Waals surface area contributed by atoms with Crippen LogP contribution in [0.4, 0.5) is 5.69 Å². The number of hydrogen-bond donors (Lipinski definition) is 0. The van der Waals surface area contributed by atoms with Crippen LogP contribution in [0.15, 0.2) is 59.5 Å². The standard InChI is InChI=1S/C20H25N3O3S/c1-17-8-10-19(11-9-17)27(25,26)23(18-6-4-3-5-7-18)16-20(24)22-14-12-21(2)13-15-22/h3-11H,12-16H2,1-2H3. The Kier molecular flexibility index (Phi) is 5.82. The van der Waals surface area contributed by atoms with Crippen LogP contribution in [0.2, 0.25) is 0 Å². The lowest BCUT2D eigenvalue weighted by atomic mass is 10.2. The van der Waals surface area contributed by atoms with Crippen LogP contribution in [0, 0.1) is 6.92 Å². The van der Waals surface area contributed by atoms with Gasteiger partial charge in [0.15, 0.2) is 0 Å². The van der Waals surface area contributed by atoms with E-state index < -0.39 is 10.0 Å². The van der Waals surface area contributed by atoms with Gasteiger partial charge in [-0.15, -0.1) is 0 Å². The third-order valence-corrected chi connectivity index (χ3v) is 6.58. The lowest BCUT2D eigenvalue weighted by Gasteiger charge is -2.34. The number of carbonyl (C=O) groups excluding carboxylic acids is 1. The van der Waals surface area contributed by atoms with Crippen molar-refractivity contribution in [2.24, 2.45) is 0 Å². The Bertz CT molecular complexity index is 874. The average molecular weight is 388 g/mol. The number of rotatable bonds is 5. The Balaban J connectivity index is 1.90. The largest absolute Gasteiger partial charge is 0.339 e. The van der Waals surface area contributed by atoms with Crippen molar-refractivity contribution in [3.05, 3.63) is 60.2 Å². The van der Waals surface area contributed by atoms with Crippen LogP contribution in [-0.4, -0.2) is 63.9 Å². The zero-order valence-corrected chi connectivity index (χ0v) is 16.5. The molecule has 1 fully saturated rings. The molecular weight excluding hydrogens is 362 g/mol. The molecule has 1 heterocycles. The smallest absolute Gasteiger partial charge is 0.264 e. The fourth-order valence-corrected chi connectivity index (χ4v) is 4.44. The van der Waals surface area contributed by atoms with E-state index in [2.05, 4.69) is 4.90 Å². The topological polar surface area (TPSA) is 60.9 Å². The molecule has 6 nitrogen and oxygen atoms in total. The van der Waals surface area contributed by atoms with Crippen molar-refractivity contribution in [2.45, 2.75) is 11.8 Å². The molecule has 0 aromatic heterocycles. The molecule has 1 aliphatic heterocycles. The molecule has 0 spiro atoms. The van der Waals surface area contributed by atoms with Gasteiger partial charge in [-0.2, -0.15) is 0 Å². The molecule has 1 aliphatic rings. The van der Waals surface area contributed by atoms with E-state index in [0.29, 0.717) is 18.8 Å². The summed E-state index contributed by atoms with van der Waals surface area (Å²) in [6.45, 7) is 4.51. The number of carbonyl (C=O) groups is 1. The van der Waals surface area contributed by atoms with Gasteiger partial charge in [-0.25, -0.2) is 8.42 Å². The van der Waals surface area contributed by atoms with Gasteiger partial charge < -0.3 is 9.80 Å². The molecule has 0 saturated carbocycles. The lowest BCUT2D eigenvalue weighted by molar-refractivity contribution is -0.131. The summed E-state index contributed by atoms with van der Waals surface area (Å²) in [5.74, 6) is -0.178. The number of aryl methyl sites for hydroxylation is 1. The van der Waals surface area contributed by atoms with Crippen LogP contribution in [-0.2, 0) is 14.8 Å². The zero-order valence-electron chi connectivity index (χ0n) is 15.7. The Hall–Kier alpha value is -2.38. The van der Waals surface area contributed by atoms with Gasteiger partial charge >= 0.3 is 0 Å². The molecule has 7 heteroatoms. The van der Waals surface area contributed by atoms with Crippen LogP contribution in [0.1, 0.15) is 5.56 Å². The number of likely N-dealkylation sites (N-methyl/N-ethyl adjacent to an activating group) is 1. The first kappa shape index (κ1) is 19.4. The molecule has 0 radical (unpaired) electrons. The predicted molar refractivity (Wildman–Crippen MR) is 106 cm³/mol. The highest BCUT2D eigenvalue weighted by Crippen LogP contribution is 2.24. The summed E-state index contributed by atoms with van der Waals surface area (Å²) in [5.41, 5.74) is 1.47. The number of benzene rings is 2. The highest BCUT2D eigenvalue weighted by molar-refractivity contribution is 7.92. The van der Waals surface area contributed by atoms with E-state index in [1.165, 1.54) is 4.31 Å². The number of anilines is 1. The minimum atomic E-state index is -3.84. The van der Waals surface area contributed by atoms with Crippen LogP contribution in [0.3, 0.4) is 0 Å². The average Bonchev–Trinajstić information content (AvgIpc) is 2.67. The molecule has 0 aliphatic carbocycles. The lowest BCUT2D eigenvalue weighted by Crippen LogP contribution is -2.50. The van der Waals surface area contributed by atoms with Crippen molar-refractivity contribution < 1.29 is 13.2 Å². The number of para-hydroxylation sites is 1. The van der Waals surface area contributed by atoms with E-state index in [1.807, 2.05) is 20.0 Å². The molecule has 0 unspecified atom stereocenters. The van der Waals surface area contributed by atoms with Crippen molar-refractivity contribution >= 4 is 21.6 Å². The first-order valence-corrected chi connectivity index (χ1v) is 10.4. The zero-order chi connectivity index (χ0) is 19.4.